The van der Waals surface area contributed by atoms with Gasteiger partial charge in [-0.1, -0.05) is 74.5 Å². The lowest BCUT2D eigenvalue weighted by Gasteiger charge is -2.10. The number of nitrogens with one attached hydrogen (secondary N) is 1. The maximum Gasteiger partial charge on any atom is 0.0497 e. The second-order valence-corrected chi connectivity index (χ2v) is 8.28. The molecular formula is C28H32N2. The highest BCUT2D eigenvalue weighted by atomic mass is 14.7. The average Bonchev–Trinajstić information content (AvgIpc) is 3.17. The molecule has 4 aromatic rings. The van der Waals surface area contributed by atoms with Gasteiger partial charge in [0.1, 0.15) is 0 Å². The Morgan fingerprint density at radius 3 is 2.23 bits per heavy atom. The SMILES string of the molecule is CCC(C)c1ccc2[nH]c(-c3ccc(-c4ccccc4)cc3)c(CCCCN)c2c1. The van der Waals surface area contributed by atoms with Crippen LogP contribution in [0.25, 0.3) is 33.3 Å². The van der Waals surface area contributed by atoms with E-state index in [0.717, 1.165) is 32.2 Å². The van der Waals surface area contributed by atoms with Gasteiger partial charge in [0, 0.05) is 16.6 Å². The van der Waals surface area contributed by atoms with Crippen molar-refractivity contribution >= 4 is 10.9 Å². The molecular weight excluding hydrogens is 364 g/mol. The van der Waals surface area contributed by atoms with Crippen molar-refractivity contribution in [2.75, 3.05) is 6.54 Å². The maximum absolute atomic E-state index is 5.78. The van der Waals surface area contributed by atoms with E-state index in [0.29, 0.717) is 5.92 Å². The van der Waals surface area contributed by atoms with Gasteiger partial charge in [-0.3, -0.25) is 0 Å². The van der Waals surface area contributed by atoms with E-state index in [2.05, 4.69) is 91.6 Å². The van der Waals surface area contributed by atoms with Gasteiger partial charge in [-0.2, -0.15) is 0 Å². The number of hydrogen-bond donors (Lipinski definition) is 2. The van der Waals surface area contributed by atoms with Crippen LogP contribution in [0.15, 0.2) is 72.8 Å². The number of H-pyrrole nitrogens is 1. The fourth-order valence-electron chi connectivity index (χ4n) is 4.22. The predicted molar refractivity (Wildman–Crippen MR) is 130 cm³/mol. The Morgan fingerprint density at radius 1 is 0.833 bits per heavy atom. The Morgan fingerprint density at radius 2 is 1.53 bits per heavy atom. The van der Waals surface area contributed by atoms with Crippen LogP contribution >= 0.6 is 0 Å². The molecule has 4 rings (SSSR count). The maximum atomic E-state index is 5.78. The number of aromatic amines is 1. The minimum atomic E-state index is 0.579. The zero-order valence-electron chi connectivity index (χ0n) is 18.1. The molecule has 3 N–H and O–H groups in total. The van der Waals surface area contributed by atoms with E-state index in [4.69, 9.17) is 5.73 Å². The van der Waals surface area contributed by atoms with Gasteiger partial charge in [0.15, 0.2) is 0 Å². The Bertz CT molecular complexity index is 1090. The summed E-state index contributed by atoms with van der Waals surface area (Å²) in [5.41, 5.74) is 14.9. The fraction of sp³-hybridized carbons (Fsp3) is 0.286. The number of benzene rings is 3. The van der Waals surface area contributed by atoms with Crippen molar-refractivity contribution in [2.45, 2.75) is 45.4 Å². The molecule has 0 radical (unpaired) electrons. The molecule has 0 fully saturated rings. The molecule has 2 heteroatoms. The van der Waals surface area contributed by atoms with Crippen LogP contribution in [-0.4, -0.2) is 11.5 Å². The summed E-state index contributed by atoms with van der Waals surface area (Å²) in [6.07, 6.45) is 4.39. The van der Waals surface area contributed by atoms with E-state index in [1.165, 1.54) is 44.4 Å². The molecule has 1 heterocycles. The van der Waals surface area contributed by atoms with Crippen molar-refractivity contribution in [3.8, 4) is 22.4 Å². The average molecular weight is 397 g/mol. The molecule has 30 heavy (non-hydrogen) atoms. The molecule has 1 unspecified atom stereocenters. The molecule has 0 aliphatic rings. The van der Waals surface area contributed by atoms with Crippen LogP contribution in [0.2, 0.25) is 0 Å². The number of nitrogens with two attached hydrogens (primary N) is 1. The molecule has 1 aromatic heterocycles. The number of unbranched alkanes of at least 4 members (excludes halogenated alkanes) is 1. The Balaban J connectivity index is 1.75. The number of rotatable bonds is 8. The first-order chi connectivity index (χ1) is 14.7. The van der Waals surface area contributed by atoms with E-state index in [1.54, 1.807) is 0 Å². The largest absolute Gasteiger partial charge is 0.354 e. The van der Waals surface area contributed by atoms with Gasteiger partial charge in [0.25, 0.3) is 0 Å². The molecule has 1 atom stereocenters. The third kappa shape index (κ3) is 4.20. The third-order valence-electron chi connectivity index (χ3n) is 6.27. The number of fused-ring (bicyclic) bond motifs is 1. The Labute approximate surface area is 180 Å². The number of aromatic nitrogens is 1. The van der Waals surface area contributed by atoms with Crippen LogP contribution in [0.1, 0.15) is 50.2 Å². The monoisotopic (exact) mass is 396 g/mol. The Hall–Kier alpha value is -2.84. The van der Waals surface area contributed by atoms with E-state index in [9.17, 15) is 0 Å². The molecule has 0 spiro atoms. The van der Waals surface area contributed by atoms with Gasteiger partial charge >= 0.3 is 0 Å². The van der Waals surface area contributed by atoms with Gasteiger partial charge in [0.2, 0.25) is 0 Å². The second-order valence-electron chi connectivity index (χ2n) is 8.28. The van der Waals surface area contributed by atoms with Gasteiger partial charge in [-0.25, -0.2) is 0 Å². The van der Waals surface area contributed by atoms with Crippen LogP contribution in [0.4, 0.5) is 0 Å². The van der Waals surface area contributed by atoms with E-state index >= 15 is 0 Å². The van der Waals surface area contributed by atoms with Crippen molar-refractivity contribution in [1.82, 2.24) is 4.98 Å². The lowest BCUT2D eigenvalue weighted by molar-refractivity contribution is 0.734. The van der Waals surface area contributed by atoms with E-state index in [1.807, 2.05) is 0 Å². The fourth-order valence-corrected chi connectivity index (χ4v) is 4.22. The van der Waals surface area contributed by atoms with Gasteiger partial charge in [-0.05, 0) is 78.1 Å². The summed E-state index contributed by atoms with van der Waals surface area (Å²) in [5.74, 6) is 0.579. The second kappa shape index (κ2) is 9.32. The lowest BCUT2D eigenvalue weighted by atomic mass is 9.94. The quantitative estimate of drug-likeness (QED) is 0.301. The first-order valence-corrected chi connectivity index (χ1v) is 11.2. The number of aryl methyl sites for hydroxylation is 1. The summed E-state index contributed by atoms with van der Waals surface area (Å²) in [7, 11) is 0. The minimum Gasteiger partial charge on any atom is -0.354 e. The smallest absolute Gasteiger partial charge is 0.0497 e. The molecule has 0 aliphatic heterocycles. The summed E-state index contributed by atoms with van der Waals surface area (Å²) >= 11 is 0. The molecule has 0 bridgehead atoms. The summed E-state index contributed by atoms with van der Waals surface area (Å²) in [6.45, 7) is 5.32. The standard InChI is InChI=1S/C28H32N2/c1-3-20(2)24-16-17-27-26(19-24)25(11-7-8-18-29)28(30-27)23-14-12-22(13-15-23)21-9-5-4-6-10-21/h4-6,9-10,12-17,19-20,30H,3,7-8,11,18,29H2,1-2H3. The van der Waals surface area contributed by atoms with Gasteiger partial charge in [-0.15, -0.1) is 0 Å². The highest BCUT2D eigenvalue weighted by molar-refractivity contribution is 5.91. The molecule has 154 valence electrons. The van der Waals surface area contributed by atoms with Crippen LogP contribution in [0.3, 0.4) is 0 Å². The van der Waals surface area contributed by atoms with Crippen LogP contribution in [0, 0.1) is 0 Å². The molecule has 0 amide bonds. The molecule has 0 saturated heterocycles. The predicted octanol–water partition coefficient (Wildman–Crippen LogP) is 7.30. The zero-order chi connectivity index (χ0) is 20.9. The van der Waals surface area contributed by atoms with Crippen molar-refractivity contribution < 1.29 is 0 Å². The lowest BCUT2D eigenvalue weighted by Crippen LogP contribution is -1.99. The van der Waals surface area contributed by atoms with Gasteiger partial charge in [0.05, 0.1) is 0 Å². The first-order valence-electron chi connectivity index (χ1n) is 11.2. The minimum absolute atomic E-state index is 0.579. The third-order valence-corrected chi connectivity index (χ3v) is 6.27. The highest BCUT2D eigenvalue weighted by Gasteiger charge is 2.15. The van der Waals surface area contributed by atoms with Crippen LogP contribution in [0.5, 0.6) is 0 Å². The van der Waals surface area contributed by atoms with Crippen molar-refractivity contribution in [3.63, 3.8) is 0 Å². The summed E-state index contributed by atoms with van der Waals surface area (Å²) in [4.78, 5) is 3.72. The summed E-state index contributed by atoms with van der Waals surface area (Å²) in [6, 6.07) is 26.4. The zero-order valence-corrected chi connectivity index (χ0v) is 18.1. The number of hydrogen-bond acceptors (Lipinski definition) is 1. The highest BCUT2D eigenvalue weighted by Crippen LogP contribution is 2.34. The molecule has 3 aromatic carbocycles. The van der Waals surface area contributed by atoms with Gasteiger partial charge < -0.3 is 10.7 Å². The van der Waals surface area contributed by atoms with E-state index in [-0.39, 0.29) is 0 Å². The van der Waals surface area contributed by atoms with Crippen molar-refractivity contribution in [2.24, 2.45) is 5.73 Å². The van der Waals surface area contributed by atoms with E-state index < -0.39 is 0 Å². The van der Waals surface area contributed by atoms with Crippen LogP contribution < -0.4 is 5.73 Å². The normalized spacial score (nSPS) is 12.4. The summed E-state index contributed by atoms with van der Waals surface area (Å²) < 4.78 is 0. The van der Waals surface area contributed by atoms with Crippen LogP contribution in [-0.2, 0) is 6.42 Å². The molecule has 0 aliphatic carbocycles. The topological polar surface area (TPSA) is 41.8 Å². The van der Waals surface area contributed by atoms with Crippen molar-refractivity contribution in [1.29, 1.82) is 0 Å². The Kier molecular flexibility index (Phi) is 6.35. The van der Waals surface area contributed by atoms with Crippen molar-refractivity contribution in [3.05, 3.63) is 83.9 Å². The first kappa shape index (κ1) is 20.4. The summed E-state index contributed by atoms with van der Waals surface area (Å²) in [5, 5.41) is 1.37. The molecule has 0 saturated carbocycles. The molecule has 2 nitrogen and oxygen atoms in total.